The van der Waals surface area contributed by atoms with Crippen molar-refractivity contribution in [1.82, 2.24) is 15.0 Å². The first kappa shape index (κ1) is 24.1. The lowest BCUT2D eigenvalue weighted by atomic mass is 10.0. The minimum absolute atomic E-state index is 0.286. The zero-order valence-corrected chi connectivity index (χ0v) is 19.5. The van der Waals surface area contributed by atoms with Crippen LogP contribution >= 0.6 is 11.3 Å². The second kappa shape index (κ2) is 10.0. The van der Waals surface area contributed by atoms with E-state index in [1.54, 1.807) is 19.5 Å². The molecule has 0 unspecified atom stereocenters. The third-order valence-corrected chi connectivity index (χ3v) is 6.54. The number of methoxy groups -OCH3 is 1. The fourth-order valence-electron chi connectivity index (χ4n) is 3.66. The first-order valence-electron chi connectivity index (χ1n) is 10.6. The van der Waals surface area contributed by atoms with E-state index in [2.05, 4.69) is 4.98 Å². The van der Waals surface area contributed by atoms with Crippen molar-refractivity contribution in [3.05, 3.63) is 71.7 Å². The maximum Gasteiger partial charge on any atom is 0.416 e. The Morgan fingerprint density at radius 2 is 1.85 bits per heavy atom. The Bertz CT molecular complexity index is 1260. The number of alkyl halides is 3. The van der Waals surface area contributed by atoms with E-state index < -0.39 is 11.7 Å². The highest BCUT2D eigenvalue weighted by atomic mass is 32.1. The molecule has 34 heavy (non-hydrogen) atoms. The monoisotopic (exact) mass is 487 g/mol. The Labute approximate surface area is 199 Å². The molecule has 0 spiro atoms. The molecule has 1 aromatic carbocycles. The Balaban J connectivity index is 1.49. The van der Waals surface area contributed by atoms with Crippen LogP contribution in [0.1, 0.15) is 16.8 Å². The van der Waals surface area contributed by atoms with Crippen molar-refractivity contribution in [2.45, 2.75) is 25.2 Å². The van der Waals surface area contributed by atoms with Crippen LogP contribution < -0.4 is 10.6 Å². The number of anilines is 1. The van der Waals surface area contributed by atoms with Crippen LogP contribution in [0.5, 0.6) is 0 Å². The van der Waals surface area contributed by atoms with Crippen LogP contribution in [0.25, 0.3) is 21.5 Å². The van der Waals surface area contributed by atoms with Crippen molar-refractivity contribution in [3.8, 4) is 10.6 Å². The lowest BCUT2D eigenvalue weighted by Gasteiger charge is -2.21. The van der Waals surface area contributed by atoms with Gasteiger partial charge in [-0.05, 0) is 42.3 Å². The number of pyridine rings is 2. The molecule has 0 aliphatic rings. The van der Waals surface area contributed by atoms with Crippen LogP contribution in [-0.4, -0.2) is 41.7 Å². The lowest BCUT2D eigenvalue weighted by Crippen LogP contribution is -2.36. The number of likely N-dealkylation sites (N-methyl/N-ethyl adjacent to an activating group) is 1. The lowest BCUT2D eigenvalue weighted by molar-refractivity contribution is -0.137. The molecule has 0 fully saturated rings. The van der Waals surface area contributed by atoms with Crippen LogP contribution in [0.4, 0.5) is 18.3 Å². The third-order valence-electron chi connectivity index (χ3n) is 5.30. The Hall–Kier alpha value is -3.08. The van der Waals surface area contributed by atoms with E-state index in [4.69, 9.17) is 20.4 Å². The summed E-state index contributed by atoms with van der Waals surface area (Å²) in [6, 6.07) is 10.6. The highest BCUT2D eigenvalue weighted by molar-refractivity contribution is 7.19. The molecule has 1 atom stereocenters. The van der Waals surface area contributed by atoms with Crippen LogP contribution in [0.15, 0.2) is 54.9 Å². The zero-order chi connectivity index (χ0) is 24.3. The zero-order valence-electron chi connectivity index (χ0n) is 18.7. The molecule has 4 aromatic rings. The average molecular weight is 488 g/mol. The van der Waals surface area contributed by atoms with Gasteiger partial charge in [-0.3, -0.25) is 4.98 Å². The van der Waals surface area contributed by atoms with E-state index in [1.807, 2.05) is 30.1 Å². The quantitative estimate of drug-likeness (QED) is 0.380. The van der Waals surface area contributed by atoms with Gasteiger partial charge in [0, 0.05) is 44.5 Å². The normalized spacial score (nSPS) is 12.8. The molecule has 3 aromatic heterocycles. The van der Waals surface area contributed by atoms with Crippen molar-refractivity contribution in [2.24, 2.45) is 5.73 Å². The summed E-state index contributed by atoms with van der Waals surface area (Å²) in [5.41, 5.74) is 8.83. The summed E-state index contributed by atoms with van der Waals surface area (Å²) < 4.78 is 43.7. The topological polar surface area (TPSA) is 77.2 Å². The molecule has 3 heterocycles. The molecule has 2 N–H and O–H groups in total. The van der Waals surface area contributed by atoms with Crippen LogP contribution in [-0.2, 0) is 23.9 Å². The van der Waals surface area contributed by atoms with Gasteiger partial charge in [0.05, 0.1) is 34.0 Å². The van der Waals surface area contributed by atoms with Crippen molar-refractivity contribution < 1.29 is 17.9 Å². The van der Waals surface area contributed by atoms with E-state index in [-0.39, 0.29) is 6.04 Å². The molecule has 0 bridgehead atoms. The van der Waals surface area contributed by atoms with Gasteiger partial charge < -0.3 is 15.4 Å². The molecule has 0 amide bonds. The Kier molecular flexibility index (Phi) is 7.11. The molecule has 4 rings (SSSR count). The van der Waals surface area contributed by atoms with Crippen LogP contribution in [0.3, 0.4) is 0 Å². The second-order valence-electron chi connectivity index (χ2n) is 8.01. The Morgan fingerprint density at radius 1 is 1.09 bits per heavy atom. The number of rotatable bonds is 8. The minimum atomic E-state index is -4.35. The number of hydrogen-bond acceptors (Lipinski definition) is 7. The number of nitrogens with zero attached hydrogens (tertiary/aromatic N) is 4. The summed E-state index contributed by atoms with van der Waals surface area (Å²) in [5, 5.41) is 1.72. The van der Waals surface area contributed by atoms with Gasteiger partial charge in [-0.2, -0.15) is 13.2 Å². The largest absolute Gasteiger partial charge is 0.416 e. The molecule has 178 valence electrons. The van der Waals surface area contributed by atoms with Gasteiger partial charge in [-0.15, -0.1) is 0 Å². The molecule has 6 nitrogen and oxygen atoms in total. The highest BCUT2D eigenvalue weighted by Gasteiger charge is 2.30. The molecule has 10 heteroatoms. The van der Waals surface area contributed by atoms with E-state index in [0.29, 0.717) is 19.6 Å². The molecular formula is C24H24F3N5OS. The molecule has 0 radical (unpaired) electrons. The predicted octanol–water partition coefficient (Wildman–Crippen LogP) is 4.92. The molecular weight excluding hydrogens is 463 g/mol. The highest BCUT2D eigenvalue weighted by Crippen LogP contribution is 2.35. The summed E-state index contributed by atoms with van der Waals surface area (Å²) in [5.74, 6) is 0. The van der Waals surface area contributed by atoms with Gasteiger partial charge in [0.1, 0.15) is 0 Å². The SMILES string of the molecule is COCc1nc(N(C)C[C@@H](N)Cc2ccc(C(F)(F)F)cc2)sc1-c1ccc2cnccc2n1. The summed E-state index contributed by atoms with van der Waals surface area (Å²) in [7, 11) is 3.51. The maximum atomic E-state index is 12.8. The fourth-order valence-corrected chi connectivity index (χ4v) is 4.67. The molecule has 0 saturated carbocycles. The number of nitrogens with two attached hydrogens (primary N) is 1. The maximum absolute atomic E-state index is 12.8. The van der Waals surface area contributed by atoms with Gasteiger partial charge >= 0.3 is 6.18 Å². The van der Waals surface area contributed by atoms with Gasteiger partial charge in [-0.25, -0.2) is 9.97 Å². The fraction of sp³-hybridized carbons (Fsp3) is 0.292. The number of benzene rings is 1. The van der Waals surface area contributed by atoms with Gasteiger partial charge in [-0.1, -0.05) is 23.5 Å². The van der Waals surface area contributed by atoms with Crippen molar-refractivity contribution >= 4 is 27.4 Å². The van der Waals surface area contributed by atoms with E-state index in [1.165, 1.54) is 23.5 Å². The standard InChI is InChI=1S/C24H24F3N5OS/c1-32(13-18(28)11-15-3-6-17(7-4-15)24(25,26)27)23-31-21(14-33-2)22(34-23)20-8-5-16-12-29-10-9-19(16)30-20/h3-10,12,18H,11,13-14,28H2,1-2H3/t18-/m0/s1. The number of hydrogen-bond donors (Lipinski definition) is 1. The van der Waals surface area contributed by atoms with Gasteiger partial charge in [0.2, 0.25) is 0 Å². The molecule has 0 aliphatic heterocycles. The molecule has 0 saturated heterocycles. The number of ether oxygens (including phenoxy) is 1. The van der Waals surface area contributed by atoms with Crippen LogP contribution in [0.2, 0.25) is 0 Å². The smallest absolute Gasteiger partial charge is 0.378 e. The Morgan fingerprint density at radius 3 is 2.56 bits per heavy atom. The average Bonchev–Trinajstić information content (AvgIpc) is 3.23. The summed E-state index contributed by atoms with van der Waals surface area (Å²) in [4.78, 5) is 16.5. The first-order chi connectivity index (χ1) is 16.2. The third kappa shape index (κ3) is 5.52. The van der Waals surface area contributed by atoms with E-state index >= 15 is 0 Å². The number of aromatic nitrogens is 3. The summed E-state index contributed by atoms with van der Waals surface area (Å²) >= 11 is 1.50. The van der Waals surface area contributed by atoms with Crippen molar-refractivity contribution in [2.75, 3.05) is 25.6 Å². The summed E-state index contributed by atoms with van der Waals surface area (Å²) in [6.45, 7) is 0.824. The van der Waals surface area contributed by atoms with E-state index in [9.17, 15) is 13.2 Å². The minimum Gasteiger partial charge on any atom is -0.378 e. The van der Waals surface area contributed by atoms with Crippen LogP contribution in [0, 0.1) is 0 Å². The van der Waals surface area contributed by atoms with Crippen molar-refractivity contribution in [1.29, 1.82) is 0 Å². The number of halogens is 3. The first-order valence-corrected chi connectivity index (χ1v) is 11.4. The molecule has 0 aliphatic carbocycles. The number of fused-ring (bicyclic) bond motifs is 1. The van der Waals surface area contributed by atoms with Crippen molar-refractivity contribution in [3.63, 3.8) is 0 Å². The van der Waals surface area contributed by atoms with Gasteiger partial charge in [0.25, 0.3) is 0 Å². The van der Waals surface area contributed by atoms with Gasteiger partial charge in [0.15, 0.2) is 5.13 Å². The number of thiazole rings is 1. The second-order valence-corrected chi connectivity index (χ2v) is 8.99. The predicted molar refractivity (Wildman–Crippen MR) is 128 cm³/mol. The van der Waals surface area contributed by atoms with E-state index in [0.717, 1.165) is 50.0 Å². The summed E-state index contributed by atoms with van der Waals surface area (Å²) in [6.07, 6.45) is -0.419.